The van der Waals surface area contributed by atoms with Crippen LogP contribution in [-0.2, 0) is 16.1 Å². The van der Waals surface area contributed by atoms with Crippen molar-refractivity contribution < 1.29 is 14.3 Å². The van der Waals surface area contributed by atoms with E-state index in [9.17, 15) is 14.4 Å². The highest BCUT2D eigenvalue weighted by Gasteiger charge is 2.26. The molecule has 130 valence electrons. The van der Waals surface area contributed by atoms with Crippen molar-refractivity contribution in [2.45, 2.75) is 46.8 Å². The number of fused-ring (bicyclic) bond motifs is 1. The van der Waals surface area contributed by atoms with Gasteiger partial charge in [-0.05, 0) is 20.8 Å². The molecule has 2 rings (SSSR count). The predicted molar refractivity (Wildman–Crippen MR) is 87.6 cm³/mol. The number of nitrogens with one attached hydrogen (secondary N) is 1. The average Bonchev–Trinajstić information content (AvgIpc) is 2.73. The molecule has 2 aromatic rings. The summed E-state index contributed by atoms with van der Waals surface area (Å²) in [5, 5.41) is 0. The Kier molecular flexibility index (Phi) is 4.46. The standard InChI is InChI=1S/C15H21N5O4/c1-7(2)10(22)12-17-11-9(13(23)19-14(16)18-11)20(12)6-8(21)24-15(3,4)5/h7H,6H2,1-5H3,(H3,16,18,19,23). The quantitative estimate of drug-likeness (QED) is 0.626. The van der Waals surface area contributed by atoms with Crippen molar-refractivity contribution in [3.8, 4) is 0 Å². The van der Waals surface area contributed by atoms with Crippen LogP contribution >= 0.6 is 0 Å². The number of ether oxygens (including phenoxy) is 1. The number of Topliss-reactive ketones (excluding diaryl/α,β-unsaturated/α-hetero) is 1. The van der Waals surface area contributed by atoms with Crippen LogP contribution in [0, 0.1) is 5.92 Å². The Balaban J connectivity index is 2.60. The lowest BCUT2D eigenvalue weighted by atomic mass is 10.1. The van der Waals surface area contributed by atoms with Gasteiger partial charge in [0.1, 0.15) is 12.1 Å². The fraction of sp³-hybridized carbons (Fsp3) is 0.533. The first-order valence-electron chi connectivity index (χ1n) is 7.51. The topological polar surface area (TPSA) is 133 Å². The van der Waals surface area contributed by atoms with E-state index in [1.165, 1.54) is 4.57 Å². The Hall–Kier alpha value is -2.71. The Bertz CT molecular complexity index is 857. The second-order valence-electron chi connectivity index (χ2n) is 6.75. The van der Waals surface area contributed by atoms with Gasteiger partial charge in [0.2, 0.25) is 11.7 Å². The van der Waals surface area contributed by atoms with E-state index in [0.717, 1.165) is 0 Å². The molecule has 0 aliphatic carbocycles. The smallest absolute Gasteiger partial charge is 0.326 e. The molecule has 0 radical (unpaired) electrons. The molecule has 3 N–H and O–H groups in total. The molecule has 0 spiro atoms. The molecule has 24 heavy (non-hydrogen) atoms. The molecule has 9 heteroatoms. The largest absolute Gasteiger partial charge is 0.459 e. The monoisotopic (exact) mass is 335 g/mol. The van der Waals surface area contributed by atoms with E-state index in [4.69, 9.17) is 10.5 Å². The number of nitrogen functional groups attached to an aromatic ring is 1. The number of hydrogen-bond donors (Lipinski definition) is 2. The molecule has 0 saturated carbocycles. The first-order valence-corrected chi connectivity index (χ1v) is 7.51. The first-order chi connectivity index (χ1) is 11.0. The number of imidazole rings is 1. The maximum Gasteiger partial charge on any atom is 0.326 e. The molecule has 0 aliphatic heterocycles. The van der Waals surface area contributed by atoms with Crippen LogP contribution in [0.1, 0.15) is 45.2 Å². The number of esters is 1. The molecule has 0 atom stereocenters. The number of H-pyrrole nitrogens is 1. The van der Waals surface area contributed by atoms with Crippen molar-refractivity contribution in [3.63, 3.8) is 0 Å². The van der Waals surface area contributed by atoms with Crippen LogP contribution in [-0.4, -0.2) is 36.9 Å². The molecule has 0 unspecified atom stereocenters. The number of rotatable bonds is 4. The van der Waals surface area contributed by atoms with E-state index in [2.05, 4.69) is 15.0 Å². The lowest BCUT2D eigenvalue weighted by molar-refractivity contribution is -0.155. The van der Waals surface area contributed by atoms with E-state index >= 15 is 0 Å². The van der Waals surface area contributed by atoms with Gasteiger partial charge in [0, 0.05) is 5.92 Å². The summed E-state index contributed by atoms with van der Waals surface area (Å²) in [6.07, 6.45) is 0. The zero-order valence-corrected chi connectivity index (χ0v) is 14.3. The highest BCUT2D eigenvalue weighted by Crippen LogP contribution is 2.16. The maximum atomic E-state index is 12.4. The molecule has 0 amide bonds. The van der Waals surface area contributed by atoms with Crippen molar-refractivity contribution in [2.75, 3.05) is 5.73 Å². The highest BCUT2D eigenvalue weighted by molar-refractivity contribution is 5.97. The summed E-state index contributed by atoms with van der Waals surface area (Å²) in [4.78, 5) is 47.1. The van der Waals surface area contributed by atoms with Crippen molar-refractivity contribution in [1.29, 1.82) is 0 Å². The Labute approximate surface area is 138 Å². The average molecular weight is 335 g/mol. The van der Waals surface area contributed by atoms with Gasteiger partial charge in [-0.1, -0.05) is 13.8 Å². The van der Waals surface area contributed by atoms with Crippen molar-refractivity contribution in [2.24, 2.45) is 5.92 Å². The fourth-order valence-corrected chi connectivity index (χ4v) is 2.16. The number of carbonyl (C=O) groups excluding carboxylic acids is 2. The molecule has 0 aliphatic rings. The second kappa shape index (κ2) is 6.06. The Morgan fingerprint density at radius 3 is 2.46 bits per heavy atom. The number of aromatic amines is 1. The third-order valence-electron chi connectivity index (χ3n) is 3.08. The van der Waals surface area contributed by atoms with Gasteiger partial charge in [0.25, 0.3) is 5.56 Å². The highest BCUT2D eigenvalue weighted by atomic mass is 16.6. The minimum atomic E-state index is -0.690. The number of nitrogens with two attached hydrogens (primary N) is 1. The summed E-state index contributed by atoms with van der Waals surface area (Å²) in [6, 6.07) is 0. The zero-order chi connectivity index (χ0) is 18.2. The van der Waals surface area contributed by atoms with Crippen LogP contribution in [0.25, 0.3) is 11.2 Å². The summed E-state index contributed by atoms with van der Waals surface area (Å²) in [6.45, 7) is 8.26. The molecular formula is C15H21N5O4. The molecule has 0 fully saturated rings. The van der Waals surface area contributed by atoms with Crippen molar-refractivity contribution >= 4 is 28.9 Å². The van der Waals surface area contributed by atoms with Gasteiger partial charge in [-0.15, -0.1) is 0 Å². The third kappa shape index (κ3) is 3.61. The van der Waals surface area contributed by atoms with Crippen LogP contribution in [0.15, 0.2) is 4.79 Å². The fourth-order valence-electron chi connectivity index (χ4n) is 2.16. The summed E-state index contributed by atoms with van der Waals surface area (Å²) < 4.78 is 6.50. The Morgan fingerprint density at radius 2 is 1.92 bits per heavy atom. The molecular weight excluding hydrogens is 314 g/mol. The second-order valence-corrected chi connectivity index (χ2v) is 6.75. The van der Waals surface area contributed by atoms with Crippen molar-refractivity contribution in [1.82, 2.24) is 19.5 Å². The van der Waals surface area contributed by atoms with E-state index in [1.54, 1.807) is 34.6 Å². The van der Waals surface area contributed by atoms with Gasteiger partial charge >= 0.3 is 5.97 Å². The minimum Gasteiger partial charge on any atom is -0.459 e. The van der Waals surface area contributed by atoms with Gasteiger partial charge in [-0.2, -0.15) is 4.98 Å². The first kappa shape index (κ1) is 17.6. The van der Waals surface area contributed by atoms with Gasteiger partial charge in [-0.25, -0.2) is 4.98 Å². The minimum absolute atomic E-state index is 0.0130. The summed E-state index contributed by atoms with van der Waals surface area (Å²) in [5.74, 6) is -1.39. The van der Waals surface area contributed by atoms with Gasteiger partial charge in [0.05, 0.1) is 0 Å². The van der Waals surface area contributed by atoms with Crippen LogP contribution in [0.4, 0.5) is 5.95 Å². The maximum absolute atomic E-state index is 12.4. The van der Waals surface area contributed by atoms with Crippen LogP contribution in [0.2, 0.25) is 0 Å². The summed E-state index contributed by atoms with van der Waals surface area (Å²) in [5.41, 5.74) is 4.28. The third-order valence-corrected chi connectivity index (χ3v) is 3.08. The SMILES string of the molecule is CC(C)C(=O)c1nc2nc(N)[nH]c(=O)c2n1CC(=O)OC(C)(C)C. The lowest BCUT2D eigenvalue weighted by Crippen LogP contribution is -2.28. The normalized spacial score (nSPS) is 11.9. The number of nitrogens with zero attached hydrogens (tertiary/aromatic N) is 3. The molecule has 0 aromatic carbocycles. The van der Waals surface area contributed by atoms with Gasteiger partial charge in [-0.3, -0.25) is 19.4 Å². The van der Waals surface area contributed by atoms with Gasteiger partial charge in [0.15, 0.2) is 17.0 Å². The number of aromatic nitrogens is 4. The zero-order valence-electron chi connectivity index (χ0n) is 14.3. The molecule has 2 heterocycles. The van der Waals surface area contributed by atoms with Crippen LogP contribution < -0.4 is 11.3 Å². The Morgan fingerprint density at radius 1 is 1.29 bits per heavy atom. The lowest BCUT2D eigenvalue weighted by Gasteiger charge is -2.20. The molecule has 0 saturated heterocycles. The van der Waals surface area contributed by atoms with Crippen LogP contribution in [0.3, 0.4) is 0 Å². The van der Waals surface area contributed by atoms with Crippen molar-refractivity contribution in [3.05, 3.63) is 16.2 Å². The van der Waals surface area contributed by atoms with E-state index in [1.807, 2.05) is 0 Å². The van der Waals surface area contributed by atoms with E-state index in [0.29, 0.717) is 0 Å². The molecule has 2 aromatic heterocycles. The van der Waals surface area contributed by atoms with Crippen LogP contribution in [0.5, 0.6) is 0 Å². The van der Waals surface area contributed by atoms with E-state index in [-0.39, 0.29) is 41.2 Å². The number of anilines is 1. The van der Waals surface area contributed by atoms with E-state index < -0.39 is 17.1 Å². The number of hydrogen-bond acceptors (Lipinski definition) is 7. The number of carbonyl (C=O) groups is 2. The summed E-state index contributed by atoms with van der Waals surface area (Å²) >= 11 is 0. The molecule has 0 bridgehead atoms. The molecule has 9 nitrogen and oxygen atoms in total. The predicted octanol–water partition coefficient (Wildman–Crippen LogP) is 0.882. The summed E-state index contributed by atoms with van der Waals surface area (Å²) in [7, 11) is 0. The van der Waals surface area contributed by atoms with Gasteiger partial charge < -0.3 is 15.0 Å². The number of ketones is 1.